The van der Waals surface area contributed by atoms with Crippen molar-refractivity contribution < 1.29 is 38.4 Å². The van der Waals surface area contributed by atoms with Crippen LogP contribution in [0.5, 0.6) is 23.0 Å². The van der Waals surface area contributed by atoms with Crippen LogP contribution in [0.1, 0.15) is 36.6 Å². The van der Waals surface area contributed by atoms with Crippen LogP contribution in [-0.2, 0) is 16.1 Å². The lowest BCUT2D eigenvalue weighted by Crippen LogP contribution is -2.45. The third-order valence-electron chi connectivity index (χ3n) is 6.70. The van der Waals surface area contributed by atoms with Gasteiger partial charge in [-0.05, 0) is 72.3 Å². The lowest BCUT2D eigenvalue weighted by Gasteiger charge is -2.28. The zero-order valence-electron chi connectivity index (χ0n) is 25.6. The molecule has 2 amide bonds. The van der Waals surface area contributed by atoms with Crippen molar-refractivity contribution in [3.05, 3.63) is 91.2 Å². The monoisotopic (exact) mass is 764 g/mol. The Kier molecular flexibility index (Phi) is 12.3. The standard InChI is InChI=1S/C32H34ClIN4O8/c1-5-44-25-13-19(29-28(31(40)43-4)18(2)36-32(41)37-29)10-11-24(25)45-17-27(39)38-35-15-21-12-22(34)14-26(42-3)30(21)46-16-20-8-6-7-9-23(20)33/h6-15,27,29,38-39H,5,16-17H2,1-4H3,(H2,36,37,41)/b35-15+/t27-,29-/m0/s1. The number of benzene rings is 3. The first-order valence-corrected chi connectivity index (χ1v) is 15.6. The van der Waals surface area contributed by atoms with Crippen molar-refractivity contribution >= 4 is 52.4 Å². The predicted molar refractivity (Wildman–Crippen MR) is 180 cm³/mol. The number of aliphatic hydroxyl groups excluding tert-OH is 1. The first-order valence-electron chi connectivity index (χ1n) is 14.1. The largest absolute Gasteiger partial charge is 0.493 e. The van der Waals surface area contributed by atoms with Gasteiger partial charge in [-0.15, -0.1) is 0 Å². The molecule has 0 bridgehead atoms. The van der Waals surface area contributed by atoms with Crippen LogP contribution in [0, 0.1) is 3.57 Å². The lowest BCUT2D eigenvalue weighted by molar-refractivity contribution is -0.136. The number of ether oxygens (including phenoxy) is 5. The number of aliphatic hydroxyl groups is 1. The van der Waals surface area contributed by atoms with Crippen molar-refractivity contribution in [1.29, 1.82) is 0 Å². The molecule has 0 aromatic heterocycles. The minimum Gasteiger partial charge on any atom is -0.493 e. The fourth-order valence-electron chi connectivity index (χ4n) is 4.57. The Hall–Kier alpha value is -4.21. The van der Waals surface area contributed by atoms with Crippen LogP contribution in [0.25, 0.3) is 0 Å². The van der Waals surface area contributed by atoms with Crippen molar-refractivity contribution in [2.75, 3.05) is 27.4 Å². The SMILES string of the molecule is CCOc1cc([C@@H]2NC(=O)NC(C)=C2C(=O)OC)ccc1OC[C@H](O)N/N=C/c1cc(I)cc(OC)c1OCc1ccccc1Cl. The Morgan fingerprint density at radius 3 is 2.61 bits per heavy atom. The van der Waals surface area contributed by atoms with E-state index in [2.05, 4.69) is 43.8 Å². The molecule has 4 N–H and O–H groups in total. The second-order valence-corrected chi connectivity index (χ2v) is 11.5. The molecule has 2 atom stereocenters. The minimum atomic E-state index is -1.19. The zero-order valence-corrected chi connectivity index (χ0v) is 28.5. The van der Waals surface area contributed by atoms with E-state index < -0.39 is 24.3 Å². The third kappa shape index (κ3) is 8.73. The maximum Gasteiger partial charge on any atom is 0.337 e. The van der Waals surface area contributed by atoms with E-state index in [1.807, 2.05) is 37.3 Å². The van der Waals surface area contributed by atoms with Crippen molar-refractivity contribution in [3.63, 3.8) is 0 Å². The number of hydrogen-bond acceptors (Lipinski definition) is 10. The second kappa shape index (κ2) is 16.4. The summed E-state index contributed by atoms with van der Waals surface area (Å²) >= 11 is 8.46. The minimum absolute atomic E-state index is 0.182. The van der Waals surface area contributed by atoms with E-state index in [-0.39, 0.29) is 18.8 Å². The van der Waals surface area contributed by atoms with Gasteiger partial charge >= 0.3 is 12.0 Å². The van der Waals surface area contributed by atoms with E-state index in [0.29, 0.717) is 51.5 Å². The molecule has 244 valence electrons. The van der Waals surface area contributed by atoms with Crippen LogP contribution in [-0.4, -0.2) is 57.0 Å². The first-order chi connectivity index (χ1) is 22.1. The van der Waals surface area contributed by atoms with Gasteiger partial charge in [0, 0.05) is 25.4 Å². The highest BCUT2D eigenvalue weighted by Gasteiger charge is 2.32. The Morgan fingerprint density at radius 1 is 1.11 bits per heavy atom. The van der Waals surface area contributed by atoms with Crippen molar-refractivity contribution in [2.24, 2.45) is 5.10 Å². The number of rotatable bonds is 14. The average molecular weight is 765 g/mol. The van der Waals surface area contributed by atoms with Crippen LogP contribution < -0.4 is 35.0 Å². The Balaban J connectivity index is 1.45. The molecule has 0 aliphatic carbocycles. The van der Waals surface area contributed by atoms with E-state index >= 15 is 0 Å². The number of amides is 2. The predicted octanol–water partition coefficient (Wildman–Crippen LogP) is 5.05. The Morgan fingerprint density at radius 2 is 1.89 bits per heavy atom. The fourth-order valence-corrected chi connectivity index (χ4v) is 5.38. The summed E-state index contributed by atoms with van der Waals surface area (Å²) in [5.41, 5.74) is 5.30. The molecule has 14 heteroatoms. The summed E-state index contributed by atoms with van der Waals surface area (Å²) in [6, 6.07) is 14.9. The van der Waals surface area contributed by atoms with Gasteiger partial charge in [0.05, 0.1) is 38.7 Å². The van der Waals surface area contributed by atoms with E-state index in [1.165, 1.54) is 13.3 Å². The highest BCUT2D eigenvalue weighted by atomic mass is 127. The van der Waals surface area contributed by atoms with E-state index in [9.17, 15) is 14.7 Å². The topological polar surface area (TPSA) is 149 Å². The summed E-state index contributed by atoms with van der Waals surface area (Å²) in [6.45, 7) is 3.79. The maximum atomic E-state index is 12.5. The number of carbonyl (C=O) groups is 2. The molecule has 0 unspecified atom stereocenters. The van der Waals surface area contributed by atoms with Crippen molar-refractivity contribution in [3.8, 4) is 23.0 Å². The molecule has 1 aliphatic heterocycles. The molecule has 1 aliphatic rings. The normalized spacial score (nSPS) is 15.1. The van der Waals surface area contributed by atoms with E-state index in [4.69, 9.17) is 35.3 Å². The summed E-state index contributed by atoms with van der Waals surface area (Å²) in [5.74, 6) is 1.10. The molecule has 0 saturated heterocycles. The highest BCUT2D eigenvalue weighted by molar-refractivity contribution is 14.1. The number of nitrogens with one attached hydrogen (secondary N) is 3. The number of nitrogens with zero attached hydrogens (tertiary/aromatic N) is 1. The number of hydrazone groups is 1. The number of esters is 1. The van der Waals surface area contributed by atoms with Gasteiger partial charge in [0.15, 0.2) is 29.2 Å². The smallest absolute Gasteiger partial charge is 0.337 e. The van der Waals surface area contributed by atoms with Crippen LogP contribution in [0.4, 0.5) is 4.79 Å². The molecule has 0 saturated carbocycles. The van der Waals surface area contributed by atoms with Gasteiger partial charge in [-0.2, -0.15) is 5.10 Å². The quantitative estimate of drug-likeness (QED) is 0.0582. The van der Waals surface area contributed by atoms with Gasteiger partial charge in [0.1, 0.15) is 13.2 Å². The van der Waals surface area contributed by atoms with E-state index in [1.54, 1.807) is 38.3 Å². The Bertz CT molecular complexity index is 1630. The van der Waals surface area contributed by atoms with Crippen molar-refractivity contribution in [2.45, 2.75) is 32.7 Å². The molecule has 0 spiro atoms. The lowest BCUT2D eigenvalue weighted by atomic mass is 9.95. The van der Waals surface area contributed by atoms with E-state index in [0.717, 1.165) is 9.13 Å². The van der Waals surface area contributed by atoms with Gasteiger partial charge in [-0.1, -0.05) is 35.9 Å². The average Bonchev–Trinajstić information content (AvgIpc) is 3.03. The highest BCUT2D eigenvalue weighted by Crippen LogP contribution is 2.36. The molecule has 0 fully saturated rings. The van der Waals surface area contributed by atoms with Crippen molar-refractivity contribution in [1.82, 2.24) is 16.1 Å². The number of allylic oxidation sites excluding steroid dienone is 1. The number of halogens is 2. The second-order valence-electron chi connectivity index (χ2n) is 9.82. The summed E-state index contributed by atoms with van der Waals surface area (Å²) in [6.07, 6.45) is 0.320. The molecular weight excluding hydrogens is 731 g/mol. The number of urea groups is 1. The number of hydrogen-bond donors (Lipinski definition) is 4. The van der Waals surface area contributed by atoms with Crippen LogP contribution >= 0.6 is 34.2 Å². The molecule has 1 heterocycles. The number of carbonyl (C=O) groups excluding carboxylic acids is 2. The van der Waals surface area contributed by atoms with Gasteiger partial charge in [-0.25, -0.2) is 9.59 Å². The molecular formula is C32H34ClIN4O8. The first kappa shape index (κ1) is 34.7. The van der Waals surface area contributed by atoms with Crippen LogP contribution in [0.15, 0.2) is 71.0 Å². The van der Waals surface area contributed by atoms with Crippen LogP contribution in [0.3, 0.4) is 0 Å². The molecule has 46 heavy (non-hydrogen) atoms. The number of methoxy groups -OCH3 is 2. The Labute approximate surface area is 285 Å². The van der Waals surface area contributed by atoms with Gasteiger partial charge in [0.2, 0.25) is 0 Å². The van der Waals surface area contributed by atoms with Gasteiger partial charge < -0.3 is 39.4 Å². The summed E-state index contributed by atoms with van der Waals surface area (Å²) < 4.78 is 29.0. The molecule has 12 nitrogen and oxygen atoms in total. The van der Waals surface area contributed by atoms with Crippen LogP contribution in [0.2, 0.25) is 5.02 Å². The maximum absolute atomic E-state index is 12.5. The molecule has 3 aromatic carbocycles. The molecule has 3 aromatic rings. The zero-order chi connectivity index (χ0) is 33.2. The summed E-state index contributed by atoms with van der Waals surface area (Å²) in [5, 5.41) is 20.7. The van der Waals surface area contributed by atoms with Gasteiger partial charge in [0.25, 0.3) is 0 Å². The molecule has 4 rings (SSSR count). The summed E-state index contributed by atoms with van der Waals surface area (Å²) in [7, 11) is 2.82. The third-order valence-corrected chi connectivity index (χ3v) is 7.69. The fraction of sp³-hybridized carbons (Fsp3) is 0.281. The summed E-state index contributed by atoms with van der Waals surface area (Å²) in [4.78, 5) is 24.7. The molecule has 0 radical (unpaired) electrons. The van der Waals surface area contributed by atoms with Gasteiger partial charge in [-0.3, -0.25) is 5.43 Å².